The molecule has 0 heterocycles. The molecule has 0 aromatic rings. The molecule has 0 aromatic heterocycles. The molecule has 0 spiro atoms. The minimum atomic E-state index is -2.71. The maximum absolute atomic E-state index is 11.4. The van der Waals surface area contributed by atoms with Gasteiger partial charge in [-0.05, 0) is 6.42 Å². The van der Waals surface area contributed by atoms with Gasteiger partial charge in [0.05, 0.1) is 18.9 Å². The van der Waals surface area contributed by atoms with Gasteiger partial charge in [0.1, 0.15) is 6.61 Å². The molecular weight excluding hydrogens is 272 g/mol. The van der Waals surface area contributed by atoms with Gasteiger partial charge in [0, 0.05) is 0 Å². The van der Waals surface area contributed by atoms with Gasteiger partial charge in [-0.2, -0.15) is 0 Å². The van der Waals surface area contributed by atoms with Gasteiger partial charge in [-0.25, -0.2) is 4.79 Å². The first-order chi connectivity index (χ1) is 9.21. The van der Waals surface area contributed by atoms with Gasteiger partial charge in [-0.3, -0.25) is 9.59 Å². The molecule has 20 heavy (non-hydrogen) atoms. The van der Waals surface area contributed by atoms with E-state index in [1.807, 2.05) is 6.92 Å². The van der Waals surface area contributed by atoms with Gasteiger partial charge < -0.3 is 25.2 Å². The van der Waals surface area contributed by atoms with E-state index in [1.165, 1.54) is 0 Å². The first-order valence-corrected chi connectivity index (χ1v) is 6.22. The van der Waals surface area contributed by atoms with Crippen LogP contribution in [0, 0.1) is 0 Å². The van der Waals surface area contributed by atoms with Crippen LogP contribution < -0.4 is 0 Å². The van der Waals surface area contributed by atoms with Gasteiger partial charge in [0.25, 0.3) is 0 Å². The quantitative estimate of drug-likeness (QED) is 0.404. The Labute approximate surface area is 116 Å². The van der Waals surface area contributed by atoms with Gasteiger partial charge >= 0.3 is 17.9 Å². The maximum atomic E-state index is 11.4. The molecule has 0 aliphatic rings. The van der Waals surface area contributed by atoms with Crippen LogP contribution in [-0.2, 0) is 19.1 Å². The lowest BCUT2D eigenvalue weighted by Gasteiger charge is -2.20. The number of carboxylic acid groups (broad SMARTS) is 2. The molecule has 116 valence electrons. The van der Waals surface area contributed by atoms with Crippen LogP contribution in [0.25, 0.3) is 0 Å². The number of carbonyl (C=O) groups is 3. The van der Waals surface area contributed by atoms with E-state index >= 15 is 0 Å². The van der Waals surface area contributed by atoms with Crippen molar-refractivity contribution >= 4 is 17.9 Å². The second-order valence-corrected chi connectivity index (χ2v) is 4.56. The van der Waals surface area contributed by atoms with Crippen molar-refractivity contribution in [3.63, 3.8) is 0 Å². The van der Waals surface area contributed by atoms with Crippen molar-refractivity contribution in [2.24, 2.45) is 0 Å². The number of carbonyl (C=O) groups excluding carboxylic acids is 1. The van der Waals surface area contributed by atoms with Crippen LogP contribution in [0.15, 0.2) is 0 Å². The van der Waals surface area contributed by atoms with Crippen molar-refractivity contribution in [2.45, 2.75) is 50.7 Å². The Morgan fingerprint density at radius 3 is 2.25 bits per heavy atom. The van der Waals surface area contributed by atoms with E-state index in [0.717, 1.165) is 12.8 Å². The van der Waals surface area contributed by atoms with Crippen LogP contribution in [0.4, 0.5) is 0 Å². The zero-order valence-electron chi connectivity index (χ0n) is 11.2. The Hall–Kier alpha value is -1.67. The van der Waals surface area contributed by atoms with E-state index in [9.17, 15) is 24.6 Å². The second-order valence-electron chi connectivity index (χ2n) is 4.56. The summed E-state index contributed by atoms with van der Waals surface area (Å²) >= 11 is 0. The van der Waals surface area contributed by atoms with E-state index in [-0.39, 0.29) is 6.61 Å². The van der Waals surface area contributed by atoms with E-state index in [0.29, 0.717) is 6.42 Å². The Morgan fingerprint density at radius 1 is 1.20 bits per heavy atom. The smallest absolute Gasteiger partial charge is 0.336 e. The van der Waals surface area contributed by atoms with Crippen molar-refractivity contribution in [1.82, 2.24) is 0 Å². The minimum absolute atomic E-state index is 0.318. The number of esters is 1. The van der Waals surface area contributed by atoms with Crippen molar-refractivity contribution in [2.75, 3.05) is 6.61 Å². The fourth-order valence-corrected chi connectivity index (χ4v) is 1.47. The zero-order valence-corrected chi connectivity index (χ0v) is 11.2. The molecule has 0 aliphatic carbocycles. The highest BCUT2D eigenvalue weighted by Gasteiger charge is 2.41. The molecule has 0 radical (unpaired) electrons. The normalized spacial score (nSPS) is 15.2. The first-order valence-electron chi connectivity index (χ1n) is 6.22. The summed E-state index contributed by atoms with van der Waals surface area (Å²) in [5, 5.41) is 36.3. The van der Waals surface area contributed by atoms with Crippen molar-refractivity contribution < 1.29 is 39.5 Å². The third-order valence-corrected chi connectivity index (χ3v) is 2.61. The van der Waals surface area contributed by atoms with Crippen molar-refractivity contribution in [3.8, 4) is 0 Å². The van der Waals surface area contributed by atoms with Crippen LogP contribution in [0.3, 0.4) is 0 Å². The third-order valence-electron chi connectivity index (χ3n) is 2.61. The largest absolute Gasteiger partial charge is 0.481 e. The van der Waals surface area contributed by atoms with Crippen LogP contribution in [-0.4, -0.2) is 56.6 Å². The topological polar surface area (TPSA) is 141 Å². The van der Waals surface area contributed by atoms with Crippen LogP contribution >= 0.6 is 0 Å². The summed E-state index contributed by atoms with van der Waals surface area (Å²) in [5.41, 5.74) is -2.71. The summed E-state index contributed by atoms with van der Waals surface area (Å²) < 4.78 is 4.62. The SMILES string of the molecule is CCCCC(O)COC(=O)CC(O)(CC(=O)O)C(=O)O. The number of rotatable bonds is 10. The van der Waals surface area contributed by atoms with Crippen LogP contribution in [0.1, 0.15) is 39.0 Å². The number of unbranched alkanes of at least 4 members (excludes halogenated alkanes) is 1. The highest BCUT2D eigenvalue weighted by atomic mass is 16.5. The van der Waals surface area contributed by atoms with Gasteiger partial charge in [0.15, 0.2) is 5.60 Å². The first kappa shape index (κ1) is 18.3. The molecule has 0 bridgehead atoms. The number of hydrogen-bond acceptors (Lipinski definition) is 6. The average Bonchev–Trinajstić information content (AvgIpc) is 2.32. The molecule has 0 saturated heterocycles. The molecule has 4 N–H and O–H groups in total. The number of aliphatic carboxylic acids is 2. The summed E-state index contributed by atoms with van der Waals surface area (Å²) in [6.07, 6.45) is -0.928. The van der Waals surface area contributed by atoms with Gasteiger partial charge in [-0.1, -0.05) is 19.8 Å². The third kappa shape index (κ3) is 7.05. The van der Waals surface area contributed by atoms with E-state index in [1.54, 1.807) is 0 Å². The molecule has 0 aliphatic heterocycles. The summed E-state index contributed by atoms with van der Waals surface area (Å²) in [4.78, 5) is 32.6. The molecular formula is C12H20O8. The summed E-state index contributed by atoms with van der Waals surface area (Å²) in [5.74, 6) is -4.44. The molecule has 2 atom stereocenters. The Kier molecular flexibility index (Phi) is 7.78. The molecule has 0 saturated carbocycles. The molecule has 0 rings (SSSR count). The highest BCUT2D eigenvalue weighted by molar-refractivity contribution is 5.88. The molecule has 0 fully saturated rings. The number of aliphatic hydroxyl groups excluding tert-OH is 1. The van der Waals surface area contributed by atoms with Crippen LogP contribution in [0.5, 0.6) is 0 Å². The zero-order chi connectivity index (χ0) is 15.8. The monoisotopic (exact) mass is 292 g/mol. The van der Waals surface area contributed by atoms with Gasteiger partial charge in [0.2, 0.25) is 0 Å². The van der Waals surface area contributed by atoms with Crippen LogP contribution in [0.2, 0.25) is 0 Å². The Bertz CT molecular complexity index is 353. The van der Waals surface area contributed by atoms with E-state index < -0.39 is 42.5 Å². The van der Waals surface area contributed by atoms with Crippen molar-refractivity contribution in [1.29, 1.82) is 0 Å². The second kappa shape index (κ2) is 8.49. The van der Waals surface area contributed by atoms with Crippen molar-refractivity contribution in [3.05, 3.63) is 0 Å². The lowest BCUT2D eigenvalue weighted by Crippen LogP contribution is -2.43. The molecule has 0 amide bonds. The number of ether oxygens (including phenoxy) is 1. The fourth-order valence-electron chi connectivity index (χ4n) is 1.47. The summed E-state index contributed by atoms with van der Waals surface area (Å²) in [6.45, 7) is 1.61. The molecule has 8 heteroatoms. The Balaban J connectivity index is 4.34. The highest BCUT2D eigenvalue weighted by Crippen LogP contribution is 2.17. The maximum Gasteiger partial charge on any atom is 0.336 e. The van der Waals surface area contributed by atoms with E-state index in [2.05, 4.69) is 4.74 Å². The number of carboxylic acids is 2. The average molecular weight is 292 g/mol. The summed E-state index contributed by atoms with van der Waals surface area (Å²) in [6, 6.07) is 0. The molecule has 2 unspecified atom stereocenters. The van der Waals surface area contributed by atoms with E-state index in [4.69, 9.17) is 10.2 Å². The standard InChI is InChI=1S/C12H20O8/c1-2-3-4-8(13)7-20-10(16)6-12(19,11(17)18)5-9(14)15/h8,13,19H,2-7H2,1H3,(H,14,15)(H,17,18). The minimum Gasteiger partial charge on any atom is -0.481 e. The number of aliphatic hydroxyl groups is 2. The predicted molar refractivity (Wildman–Crippen MR) is 65.9 cm³/mol. The summed E-state index contributed by atoms with van der Waals surface area (Å²) in [7, 11) is 0. The van der Waals surface area contributed by atoms with Gasteiger partial charge in [-0.15, -0.1) is 0 Å². The Morgan fingerprint density at radius 2 is 1.80 bits per heavy atom. The molecule has 0 aromatic carbocycles. The fraction of sp³-hybridized carbons (Fsp3) is 0.750. The predicted octanol–water partition coefficient (Wildman–Crippen LogP) is -0.239. The number of hydrogen-bond donors (Lipinski definition) is 4. The molecule has 8 nitrogen and oxygen atoms in total. The lowest BCUT2D eigenvalue weighted by molar-refractivity contribution is -0.172. The lowest BCUT2D eigenvalue weighted by atomic mass is 9.96.